The summed E-state index contributed by atoms with van der Waals surface area (Å²) in [5.41, 5.74) is 1.46. The van der Waals surface area contributed by atoms with Gasteiger partial charge in [0.15, 0.2) is 0 Å². The lowest BCUT2D eigenvalue weighted by molar-refractivity contribution is 0.0949. The van der Waals surface area contributed by atoms with Gasteiger partial charge >= 0.3 is 0 Å². The molecule has 0 atom stereocenters. The Labute approximate surface area is 147 Å². The smallest absolute Gasteiger partial charge is 0.270 e. The molecule has 0 aliphatic carbocycles. The highest BCUT2D eigenvalue weighted by molar-refractivity contribution is 6.30. The second kappa shape index (κ2) is 9.88. The third kappa shape index (κ3) is 6.16. The molecule has 24 heavy (non-hydrogen) atoms. The highest BCUT2D eigenvalue weighted by atomic mass is 35.5. The number of rotatable bonds is 9. The van der Waals surface area contributed by atoms with Crippen LogP contribution in [0.2, 0.25) is 5.02 Å². The van der Waals surface area contributed by atoms with Crippen LogP contribution in [-0.4, -0.2) is 29.0 Å². The van der Waals surface area contributed by atoms with E-state index in [4.69, 9.17) is 11.6 Å². The van der Waals surface area contributed by atoms with E-state index < -0.39 is 0 Å². The number of unbranched alkanes of at least 4 members (excludes halogenated alkanes) is 2. The van der Waals surface area contributed by atoms with Gasteiger partial charge in [0.05, 0.1) is 0 Å². The lowest BCUT2D eigenvalue weighted by Gasteiger charge is -2.07. The van der Waals surface area contributed by atoms with Gasteiger partial charge in [-0.25, -0.2) is 9.97 Å². The van der Waals surface area contributed by atoms with Gasteiger partial charge in [-0.2, -0.15) is 0 Å². The molecule has 0 bridgehead atoms. The van der Waals surface area contributed by atoms with Crippen molar-refractivity contribution in [2.45, 2.75) is 32.6 Å². The molecule has 2 aromatic rings. The zero-order chi connectivity index (χ0) is 17.2. The van der Waals surface area contributed by atoms with E-state index in [2.05, 4.69) is 27.5 Å². The van der Waals surface area contributed by atoms with Crippen molar-refractivity contribution in [3.8, 4) is 0 Å². The molecule has 0 fully saturated rings. The Balaban J connectivity index is 1.81. The molecule has 2 N–H and O–H groups in total. The van der Waals surface area contributed by atoms with Crippen molar-refractivity contribution in [1.82, 2.24) is 15.3 Å². The summed E-state index contributed by atoms with van der Waals surface area (Å²) in [4.78, 5) is 20.6. The van der Waals surface area contributed by atoms with Gasteiger partial charge in [-0.3, -0.25) is 4.79 Å². The molecule has 0 saturated heterocycles. The SMILES string of the molecule is CCCCCNc1nccc(C(=O)NCCc2cccc(Cl)c2)n1. The second-order valence-electron chi connectivity index (χ2n) is 5.54. The molecule has 0 unspecified atom stereocenters. The van der Waals surface area contributed by atoms with Crippen LogP contribution in [0.1, 0.15) is 42.2 Å². The Kier molecular flexibility index (Phi) is 7.49. The molecule has 2 rings (SSSR count). The van der Waals surface area contributed by atoms with Gasteiger partial charge in [0.1, 0.15) is 5.69 Å². The molecule has 0 aliphatic heterocycles. The van der Waals surface area contributed by atoms with Crippen LogP contribution in [0.15, 0.2) is 36.5 Å². The van der Waals surface area contributed by atoms with Gasteiger partial charge in [0.2, 0.25) is 5.95 Å². The lowest BCUT2D eigenvalue weighted by atomic mass is 10.1. The number of benzene rings is 1. The Morgan fingerprint density at radius 2 is 2.08 bits per heavy atom. The Morgan fingerprint density at radius 3 is 2.88 bits per heavy atom. The fourth-order valence-electron chi connectivity index (χ4n) is 2.25. The van der Waals surface area contributed by atoms with E-state index in [0.29, 0.717) is 23.2 Å². The summed E-state index contributed by atoms with van der Waals surface area (Å²) in [6, 6.07) is 9.24. The number of hydrogen-bond acceptors (Lipinski definition) is 4. The maximum Gasteiger partial charge on any atom is 0.270 e. The molecule has 1 heterocycles. The van der Waals surface area contributed by atoms with Gasteiger partial charge in [-0.15, -0.1) is 0 Å². The lowest BCUT2D eigenvalue weighted by Crippen LogP contribution is -2.27. The van der Waals surface area contributed by atoms with Crippen LogP contribution in [0.4, 0.5) is 5.95 Å². The number of nitrogens with one attached hydrogen (secondary N) is 2. The number of carbonyl (C=O) groups excluding carboxylic acids is 1. The molecule has 0 radical (unpaired) electrons. The third-order valence-electron chi connectivity index (χ3n) is 3.54. The Hall–Kier alpha value is -2.14. The average molecular weight is 347 g/mol. The third-order valence-corrected chi connectivity index (χ3v) is 3.78. The van der Waals surface area contributed by atoms with Crippen LogP contribution in [0.3, 0.4) is 0 Å². The quantitative estimate of drug-likeness (QED) is 0.679. The summed E-state index contributed by atoms with van der Waals surface area (Å²) in [6.45, 7) is 3.50. The van der Waals surface area contributed by atoms with Crippen molar-refractivity contribution in [1.29, 1.82) is 0 Å². The number of carbonyl (C=O) groups is 1. The van der Waals surface area contributed by atoms with E-state index in [-0.39, 0.29) is 5.91 Å². The van der Waals surface area contributed by atoms with E-state index in [0.717, 1.165) is 37.8 Å². The molecule has 1 aromatic carbocycles. The minimum atomic E-state index is -0.198. The second-order valence-corrected chi connectivity index (χ2v) is 5.97. The fraction of sp³-hybridized carbons (Fsp3) is 0.389. The number of hydrogen-bond donors (Lipinski definition) is 2. The van der Waals surface area contributed by atoms with Crippen molar-refractivity contribution in [3.05, 3.63) is 52.8 Å². The first-order valence-electron chi connectivity index (χ1n) is 8.28. The number of anilines is 1. The molecule has 0 aliphatic rings. The predicted molar refractivity (Wildman–Crippen MR) is 97.5 cm³/mol. The molecule has 0 spiro atoms. The van der Waals surface area contributed by atoms with E-state index in [1.54, 1.807) is 12.3 Å². The minimum Gasteiger partial charge on any atom is -0.354 e. The fourth-order valence-corrected chi connectivity index (χ4v) is 2.46. The highest BCUT2D eigenvalue weighted by Gasteiger charge is 2.08. The van der Waals surface area contributed by atoms with Crippen LogP contribution in [-0.2, 0) is 6.42 Å². The van der Waals surface area contributed by atoms with Gasteiger partial charge in [0.25, 0.3) is 5.91 Å². The molecule has 1 amide bonds. The van der Waals surface area contributed by atoms with Gasteiger partial charge < -0.3 is 10.6 Å². The number of nitrogens with zero attached hydrogens (tertiary/aromatic N) is 2. The largest absolute Gasteiger partial charge is 0.354 e. The summed E-state index contributed by atoms with van der Waals surface area (Å²) >= 11 is 5.95. The first-order valence-corrected chi connectivity index (χ1v) is 8.66. The van der Waals surface area contributed by atoms with Crippen LogP contribution in [0, 0.1) is 0 Å². The van der Waals surface area contributed by atoms with Crippen molar-refractivity contribution in [2.24, 2.45) is 0 Å². The topological polar surface area (TPSA) is 66.9 Å². The minimum absolute atomic E-state index is 0.198. The standard InChI is InChI=1S/C18H23ClN4O/c1-2-3-4-10-21-18-22-12-9-16(23-18)17(24)20-11-8-14-6-5-7-15(19)13-14/h5-7,9,12-13H,2-4,8,10-11H2,1H3,(H,20,24)(H,21,22,23). The van der Waals surface area contributed by atoms with Crippen LogP contribution < -0.4 is 10.6 Å². The maximum atomic E-state index is 12.2. The van der Waals surface area contributed by atoms with E-state index in [9.17, 15) is 4.79 Å². The van der Waals surface area contributed by atoms with Gasteiger partial charge in [0, 0.05) is 24.3 Å². The Bertz CT molecular complexity index is 663. The number of halogens is 1. The van der Waals surface area contributed by atoms with Gasteiger partial charge in [-0.05, 0) is 36.6 Å². The van der Waals surface area contributed by atoms with Gasteiger partial charge in [-0.1, -0.05) is 43.5 Å². The summed E-state index contributed by atoms with van der Waals surface area (Å²) < 4.78 is 0. The van der Waals surface area contributed by atoms with Crippen molar-refractivity contribution < 1.29 is 4.79 Å². The van der Waals surface area contributed by atoms with Crippen LogP contribution in [0.25, 0.3) is 0 Å². The first kappa shape index (κ1) is 18.2. The first-order chi connectivity index (χ1) is 11.7. The number of amides is 1. The summed E-state index contributed by atoms with van der Waals surface area (Å²) in [5, 5.41) is 6.72. The zero-order valence-corrected chi connectivity index (χ0v) is 14.6. The number of aromatic nitrogens is 2. The average Bonchev–Trinajstić information content (AvgIpc) is 2.59. The summed E-state index contributed by atoms with van der Waals surface area (Å²) in [6.07, 6.45) is 5.71. The molecule has 1 aromatic heterocycles. The molecule has 6 heteroatoms. The monoisotopic (exact) mass is 346 g/mol. The van der Waals surface area contributed by atoms with E-state index in [1.165, 1.54) is 0 Å². The normalized spacial score (nSPS) is 10.4. The van der Waals surface area contributed by atoms with E-state index in [1.807, 2.05) is 24.3 Å². The maximum absolute atomic E-state index is 12.2. The highest BCUT2D eigenvalue weighted by Crippen LogP contribution is 2.10. The molecular formula is C18H23ClN4O. The summed E-state index contributed by atoms with van der Waals surface area (Å²) in [5.74, 6) is 0.296. The molecule has 0 saturated carbocycles. The van der Waals surface area contributed by atoms with Crippen LogP contribution in [0.5, 0.6) is 0 Å². The van der Waals surface area contributed by atoms with Crippen molar-refractivity contribution in [3.63, 3.8) is 0 Å². The van der Waals surface area contributed by atoms with E-state index >= 15 is 0 Å². The van der Waals surface area contributed by atoms with Crippen LogP contribution >= 0.6 is 11.6 Å². The predicted octanol–water partition coefficient (Wildman–Crippen LogP) is 3.70. The Morgan fingerprint density at radius 1 is 1.21 bits per heavy atom. The molecular weight excluding hydrogens is 324 g/mol. The summed E-state index contributed by atoms with van der Waals surface area (Å²) in [7, 11) is 0. The molecule has 128 valence electrons. The van der Waals surface area contributed by atoms with Crippen molar-refractivity contribution in [2.75, 3.05) is 18.4 Å². The molecule has 5 nitrogen and oxygen atoms in total. The van der Waals surface area contributed by atoms with Crippen molar-refractivity contribution >= 4 is 23.5 Å². The zero-order valence-electron chi connectivity index (χ0n) is 13.9.